The third kappa shape index (κ3) is 8.21. The van der Waals surface area contributed by atoms with Crippen molar-refractivity contribution in [3.63, 3.8) is 0 Å². The van der Waals surface area contributed by atoms with E-state index in [9.17, 15) is 13.2 Å². The number of carbonyl (C=O) groups is 1. The van der Waals surface area contributed by atoms with E-state index < -0.39 is 15.6 Å². The minimum Gasteiger partial charge on any atom is -0.345 e. The third-order valence-corrected chi connectivity index (χ3v) is 4.87. The predicted octanol–water partition coefficient (Wildman–Crippen LogP) is 0.889. The molecule has 19 heavy (non-hydrogen) atoms. The molecule has 0 saturated carbocycles. The van der Waals surface area contributed by atoms with Crippen molar-refractivity contribution in [1.82, 2.24) is 4.90 Å². The Balaban J connectivity index is 4.28. The largest absolute Gasteiger partial charge is 0.345 e. The van der Waals surface area contributed by atoms with Crippen molar-refractivity contribution in [1.29, 1.82) is 0 Å². The highest BCUT2D eigenvalue weighted by Gasteiger charge is 2.21. The van der Waals surface area contributed by atoms with Crippen LogP contribution in [-0.2, 0) is 14.6 Å². The number of hydrogen-bond acceptors (Lipinski definition) is 4. The number of rotatable bonds is 8. The molecule has 0 radical (unpaired) electrons. The van der Waals surface area contributed by atoms with Crippen molar-refractivity contribution in [3.8, 4) is 0 Å². The first-order chi connectivity index (χ1) is 8.55. The number of amides is 1. The minimum atomic E-state index is -3.30. The summed E-state index contributed by atoms with van der Waals surface area (Å²) in [5.74, 6) is -0.307. The van der Waals surface area contributed by atoms with Gasteiger partial charge in [0.15, 0.2) is 9.84 Å². The normalized spacial score (nSPS) is 13.9. The SMILES string of the molecule is CC(C)CS(=O)(=O)CC(=O)N(C)CCC(N)C(C)C. The van der Waals surface area contributed by atoms with Crippen LogP contribution in [0.1, 0.15) is 34.1 Å². The fourth-order valence-electron chi connectivity index (χ4n) is 1.67. The van der Waals surface area contributed by atoms with Crippen LogP contribution >= 0.6 is 0 Å². The van der Waals surface area contributed by atoms with Gasteiger partial charge in [0.05, 0.1) is 5.75 Å². The lowest BCUT2D eigenvalue weighted by Gasteiger charge is -2.21. The Hall–Kier alpha value is -0.620. The first-order valence-electron chi connectivity index (χ1n) is 6.75. The van der Waals surface area contributed by atoms with Crippen LogP contribution in [-0.4, -0.2) is 50.4 Å². The maximum Gasteiger partial charge on any atom is 0.237 e. The van der Waals surface area contributed by atoms with Gasteiger partial charge in [0.1, 0.15) is 5.75 Å². The molecule has 0 rings (SSSR count). The molecule has 0 aromatic carbocycles. The van der Waals surface area contributed by atoms with E-state index in [-0.39, 0.29) is 23.6 Å². The molecule has 114 valence electrons. The lowest BCUT2D eigenvalue weighted by atomic mass is 10.0. The predicted molar refractivity (Wildman–Crippen MR) is 78.6 cm³/mol. The third-order valence-electron chi connectivity index (χ3n) is 3.01. The van der Waals surface area contributed by atoms with Crippen molar-refractivity contribution in [3.05, 3.63) is 0 Å². The Labute approximate surface area is 117 Å². The Morgan fingerprint density at radius 3 is 2.16 bits per heavy atom. The van der Waals surface area contributed by atoms with E-state index in [0.29, 0.717) is 18.9 Å². The smallest absolute Gasteiger partial charge is 0.237 e. The van der Waals surface area contributed by atoms with Gasteiger partial charge in [0.25, 0.3) is 0 Å². The molecular formula is C13H28N2O3S. The van der Waals surface area contributed by atoms with E-state index in [0.717, 1.165) is 0 Å². The lowest BCUT2D eigenvalue weighted by molar-refractivity contribution is -0.127. The number of nitrogens with zero attached hydrogens (tertiary/aromatic N) is 1. The molecular weight excluding hydrogens is 264 g/mol. The fourth-order valence-corrected chi connectivity index (χ4v) is 3.40. The lowest BCUT2D eigenvalue weighted by Crippen LogP contribution is -2.38. The summed E-state index contributed by atoms with van der Waals surface area (Å²) in [4.78, 5) is 13.3. The van der Waals surface area contributed by atoms with Crippen LogP contribution in [0.15, 0.2) is 0 Å². The number of hydrogen-bond donors (Lipinski definition) is 1. The van der Waals surface area contributed by atoms with Crippen LogP contribution in [0.3, 0.4) is 0 Å². The molecule has 0 bridgehead atoms. The van der Waals surface area contributed by atoms with Crippen LogP contribution in [0.2, 0.25) is 0 Å². The molecule has 0 aromatic heterocycles. The topological polar surface area (TPSA) is 80.5 Å². The second kappa shape index (κ2) is 7.85. The molecule has 2 N–H and O–H groups in total. The van der Waals surface area contributed by atoms with E-state index in [1.807, 2.05) is 27.7 Å². The van der Waals surface area contributed by atoms with Gasteiger partial charge in [-0.25, -0.2) is 8.42 Å². The molecule has 0 aliphatic rings. The molecule has 0 fully saturated rings. The molecule has 0 aromatic rings. The first kappa shape index (κ1) is 18.4. The summed E-state index contributed by atoms with van der Waals surface area (Å²) < 4.78 is 23.5. The molecule has 1 amide bonds. The Morgan fingerprint density at radius 1 is 1.21 bits per heavy atom. The second-order valence-corrected chi connectivity index (χ2v) is 8.07. The Morgan fingerprint density at radius 2 is 1.74 bits per heavy atom. The van der Waals surface area contributed by atoms with Gasteiger partial charge in [-0.15, -0.1) is 0 Å². The van der Waals surface area contributed by atoms with Gasteiger partial charge >= 0.3 is 0 Å². The van der Waals surface area contributed by atoms with Crippen LogP contribution in [0.5, 0.6) is 0 Å². The van der Waals surface area contributed by atoms with E-state index in [1.165, 1.54) is 4.90 Å². The van der Waals surface area contributed by atoms with E-state index in [2.05, 4.69) is 0 Å². The summed E-state index contributed by atoms with van der Waals surface area (Å²) >= 11 is 0. The zero-order valence-electron chi connectivity index (χ0n) is 12.7. The van der Waals surface area contributed by atoms with Gasteiger partial charge in [0.2, 0.25) is 5.91 Å². The van der Waals surface area contributed by atoms with E-state index in [1.54, 1.807) is 7.05 Å². The zero-order chi connectivity index (χ0) is 15.2. The van der Waals surface area contributed by atoms with Crippen molar-refractivity contribution in [2.75, 3.05) is 25.1 Å². The summed E-state index contributed by atoms with van der Waals surface area (Å²) in [5.41, 5.74) is 5.90. The monoisotopic (exact) mass is 292 g/mol. The number of carbonyl (C=O) groups excluding carboxylic acids is 1. The van der Waals surface area contributed by atoms with Crippen LogP contribution in [0.25, 0.3) is 0 Å². The quantitative estimate of drug-likeness (QED) is 0.720. The summed E-state index contributed by atoms with van der Waals surface area (Å²) in [7, 11) is -1.68. The first-order valence-corrected chi connectivity index (χ1v) is 8.57. The standard InChI is InChI=1S/C13H28N2O3S/c1-10(2)8-19(17,18)9-13(16)15(5)7-6-12(14)11(3)4/h10-12H,6-9,14H2,1-5H3. The van der Waals surface area contributed by atoms with Crippen molar-refractivity contribution >= 4 is 15.7 Å². The summed E-state index contributed by atoms with van der Waals surface area (Å²) in [5, 5.41) is 0. The second-order valence-electron chi connectivity index (χ2n) is 5.96. The summed E-state index contributed by atoms with van der Waals surface area (Å²) in [6.45, 7) is 8.20. The summed E-state index contributed by atoms with van der Waals surface area (Å²) in [6.07, 6.45) is 0.685. The van der Waals surface area contributed by atoms with Gasteiger partial charge in [-0.3, -0.25) is 4.79 Å². The number of nitrogens with two attached hydrogens (primary N) is 1. The van der Waals surface area contributed by atoms with Crippen LogP contribution in [0.4, 0.5) is 0 Å². The van der Waals surface area contributed by atoms with Crippen LogP contribution < -0.4 is 5.73 Å². The van der Waals surface area contributed by atoms with Crippen molar-refractivity contribution < 1.29 is 13.2 Å². The molecule has 5 nitrogen and oxygen atoms in total. The summed E-state index contributed by atoms with van der Waals surface area (Å²) in [6, 6.07) is 0.0301. The Kier molecular flexibility index (Phi) is 7.59. The highest BCUT2D eigenvalue weighted by molar-refractivity contribution is 7.92. The molecule has 1 unspecified atom stereocenters. The maximum absolute atomic E-state index is 11.8. The van der Waals surface area contributed by atoms with Gasteiger partial charge in [0, 0.05) is 19.6 Å². The molecule has 6 heteroatoms. The molecule has 0 aliphatic heterocycles. The van der Waals surface area contributed by atoms with Crippen molar-refractivity contribution in [2.45, 2.75) is 40.2 Å². The molecule has 0 heterocycles. The maximum atomic E-state index is 11.8. The molecule has 0 spiro atoms. The minimum absolute atomic E-state index is 0.0301. The van der Waals surface area contributed by atoms with E-state index >= 15 is 0 Å². The van der Waals surface area contributed by atoms with Gasteiger partial charge < -0.3 is 10.6 Å². The fraction of sp³-hybridized carbons (Fsp3) is 0.923. The van der Waals surface area contributed by atoms with Gasteiger partial charge in [-0.05, 0) is 18.3 Å². The highest BCUT2D eigenvalue weighted by Crippen LogP contribution is 2.05. The molecule has 0 saturated heterocycles. The molecule has 0 aliphatic carbocycles. The Bertz CT molecular complexity index is 377. The number of sulfone groups is 1. The van der Waals surface area contributed by atoms with Crippen LogP contribution in [0, 0.1) is 11.8 Å². The van der Waals surface area contributed by atoms with Gasteiger partial charge in [-0.1, -0.05) is 27.7 Å². The van der Waals surface area contributed by atoms with E-state index in [4.69, 9.17) is 5.73 Å². The zero-order valence-corrected chi connectivity index (χ0v) is 13.5. The molecule has 1 atom stereocenters. The van der Waals surface area contributed by atoms with Crippen molar-refractivity contribution in [2.24, 2.45) is 17.6 Å². The van der Waals surface area contributed by atoms with Gasteiger partial charge in [-0.2, -0.15) is 0 Å². The highest BCUT2D eigenvalue weighted by atomic mass is 32.2. The average molecular weight is 292 g/mol. The average Bonchev–Trinajstić information content (AvgIpc) is 2.22.